The molecule has 4 rings (SSSR count). The second-order valence-corrected chi connectivity index (χ2v) is 6.59. The van der Waals surface area contributed by atoms with Crippen molar-refractivity contribution in [2.24, 2.45) is 0 Å². The van der Waals surface area contributed by atoms with Gasteiger partial charge in [0, 0.05) is 32.0 Å². The molecule has 2 saturated heterocycles. The Morgan fingerprint density at radius 3 is 2.54 bits per heavy atom. The molecular weight excluding hydrogens is 334 g/mol. The number of imidazole rings is 1. The Labute approximate surface area is 150 Å². The van der Waals surface area contributed by atoms with E-state index in [1.165, 1.54) is 6.20 Å². The first kappa shape index (κ1) is 16.3. The number of H-pyrrole nitrogens is 1. The van der Waals surface area contributed by atoms with E-state index >= 15 is 0 Å². The average Bonchev–Trinajstić information content (AvgIpc) is 3.27. The van der Waals surface area contributed by atoms with Crippen LogP contribution in [0, 0.1) is 0 Å². The lowest BCUT2D eigenvalue weighted by Gasteiger charge is -2.42. The van der Waals surface area contributed by atoms with E-state index in [4.69, 9.17) is 0 Å². The zero-order chi connectivity index (χ0) is 18.1. The first-order valence-electron chi connectivity index (χ1n) is 8.56. The van der Waals surface area contributed by atoms with Crippen LogP contribution < -0.4 is 5.32 Å². The van der Waals surface area contributed by atoms with E-state index in [1.54, 1.807) is 16.0 Å². The highest BCUT2D eigenvalue weighted by molar-refractivity contribution is 6.07. The molecule has 8 heteroatoms. The van der Waals surface area contributed by atoms with Crippen molar-refractivity contribution in [3.8, 4) is 0 Å². The van der Waals surface area contributed by atoms with Crippen molar-refractivity contribution in [3.05, 3.63) is 54.1 Å². The summed E-state index contributed by atoms with van der Waals surface area (Å²) in [5.41, 5.74) is 0.0678. The van der Waals surface area contributed by atoms with Gasteiger partial charge in [-0.3, -0.25) is 14.9 Å². The van der Waals surface area contributed by atoms with Crippen LogP contribution in [0.1, 0.15) is 29.0 Å². The molecule has 0 atom stereocenters. The van der Waals surface area contributed by atoms with Gasteiger partial charge in [-0.25, -0.2) is 9.78 Å². The van der Waals surface area contributed by atoms with Gasteiger partial charge in [0.2, 0.25) is 0 Å². The lowest BCUT2D eigenvalue weighted by molar-refractivity contribution is -0.129. The summed E-state index contributed by atoms with van der Waals surface area (Å²) < 4.78 is 0. The van der Waals surface area contributed by atoms with Crippen LogP contribution in [0.15, 0.2) is 42.7 Å². The number of carbonyl (C=O) groups is 3. The lowest BCUT2D eigenvalue weighted by Crippen LogP contribution is -2.57. The van der Waals surface area contributed by atoms with Gasteiger partial charge < -0.3 is 14.8 Å². The summed E-state index contributed by atoms with van der Waals surface area (Å²) in [6.07, 6.45) is 3.94. The van der Waals surface area contributed by atoms with Crippen LogP contribution in [0.4, 0.5) is 4.79 Å². The maximum atomic E-state index is 12.6. The second-order valence-electron chi connectivity index (χ2n) is 6.59. The largest absolute Gasteiger partial charge is 0.341 e. The van der Waals surface area contributed by atoms with Crippen LogP contribution in [0.3, 0.4) is 0 Å². The summed E-state index contributed by atoms with van der Waals surface area (Å²) in [6, 6.07) is 9.21. The highest BCUT2D eigenvalue weighted by atomic mass is 16.2. The molecule has 1 aromatic carbocycles. The fraction of sp³-hybridized carbons (Fsp3) is 0.333. The molecule has 8 nitrogen and oxygen atoms in total. The number of hydrogen-bond acceptors (Lipinski definition) is 4. The molecule has 0 radical (unpaired) electrons. The van der Waals surface area contributed by atoms with Gasteiger partial charge in [0.15, 0.2) is 5.82 Å². The third-order valence-corrected chi connectivity index (χ3v) is 5.17. The van der Waals surface area contributed by atoms with E-state index in [1.807, 2.05) is 30.3 Å². The smallest absolute Gasteiger partial charge is 0.325 e. The van der Waals surface area contributed by atoms with Gasteiger partial charge in [0.05, 0.1) is 0 Å². The molecule has 2 aromatic rings. The van der Waals surface area contributed by atoms with Crippen molar-refractivity contribution in [1.82, 2.24) is 25.1 Å². The Kier molecular flexibility index (Phi) is 3.95. The van der Waals surface area contributed by atoms with E-state index in [0.29, 0.717) is 32.5 Å². The van der Waals surface area contributed by atoms with E-state index < -0.39 is 5.54 Å². The van der Waals surface area contributed by atoms with E-state index in [9.17, 15) is 14.4 Å². The van der Waals surface area contributed by atoms with Gasteiger partial charge in [0.25, 0.3) is 11.8 Å². The van der Waals surface area contributed by atoms with Crippen molar-refractivity contribution in [2.45, 2.75) is 24.9 Å². The molecule has 26 heavy (non-hydrogen) atoms. The Balaban J connectivity index is 1.52. The SMILES string of the molecule is O=C(c1ncc[nH]1)N1CCC2(CC1)C(=O)NC(=O)N2Cc1ccccc1. The zero-order valence-corrected chi connectivity index (χ0v) is 14.1. The molecule has 1 aromatic heterocycles. The summed E-state index contributed by atoms with van der Waals surface area (Å²) in [5, 5.41) is 2.45. The summed E-state index contributed by atoms with van der Waals surface area (Å²) >= 11 is 0. The van der Waals surface area contributed by atoms with Gasteiger partial charge in [0.1, 0.15) is 5.54 Å². The Bertz CT molecular complexity index is 826. The van der Waals surface area contributed by atoms with Gasteiger partial charge in [-0.2, -0.15) is 0 Å². The highest BCUT2D eigenvalue weighted by Crippen LogP contribution is 2.34. The molecule has 3 heterocycles. The number of nitrogens with one attached hydrogen (secondary N) is 2. The number of piperidine rings is 1. The van der Waals surface area contributed by atoms with Crippen molar-refractivity contribution in [3.63, 3.8) is 0 Å². The molecule has 0 aliphatic carbocycles. The lowest BCUT2D eigenvalue weighted by atomic mass is 9.85. The second kappa shape index (κ2) is 6.29. The molecule has 4 amide bonds. The Hall–Kier alpha value is -3.16. The van der Waals surface area contributed by atoms with Crippen molar-refractivity contribution >= 4 is 17.8 Å². The molecule has 134 valence electrons. The van der Waals surface area contributed by atoms with Crippen LogP contribution in [-0.2, 0) is 11.3 Å². The molecule has 0 bridgehead atoms. The van der Waals surface area contributed by atoms with Crippen molar-refractivity contribution in [1.29, 1.82) is 0 Å². The number of hydrogen-bond donors (Lipinski definition) is 2. The minimum Gasteiger partial charge on any atom is -0.341 e. The first-order chi connectivity index (χ1) is 12.6. The van der Waals surface area contributed by atoms with Crippen molar-refractivity contribution in [2.75, 3.05) is 13.1 Å². The Morgan fingerprint density at radius 2 is 1.88 bits per heavy atom. The summed E-state index contributed by atoms with van der Waals surface area (Å²) in [6.45, 7) is 1.15. The maximum Gasteiger partial charge on any atom is 0.325 e. The fourth-order valence-corrected chi connectivity index (χ4v) is 3.70. The predicted molar refractivity (Wildman–Crippen MR) is 92.0 cm³/mol. The topological polar surface area (TPSA) is 98.4 Å². The average molecular weight is 353 g/mol. The Morgan fingerprint density at radius 1 is 1.15 bits per heavy atom. The number of amides is 4. The van der Waals surface area contributed by atoms with E-state index in [0.717, 1.165) is 5.56 Å². The molecule has 0 saturated carbocycles. The number of aromatic amines is 1. The molecule has 2 aliphatic heterocycles. The summed E-state index contributed by atoms with van der Waals surface area (Å²) in [5.74, 6) is -0.179. The number of urea groups is 1. The maximum absolute atomic E-state index is 12.6. The minimum atomic E-state index is -0.896. The number of carbonyl (C=O) groups excluding carboxylic acids is 3. The van der Waals surface area contributed by atoms with Crippen LogP contribution in [0.5, 0.6) is 0 Å². The molecule has 2 aliphatic rings. The van der Waals surface area contributed by atoms with Crippen LogP contribution in [-0.4, -0.2) is 56.2 Å². The van der Waals surface area contributed by atoms with Crippen molar-refractivity contribution < 1.29 is 14.4 Å². The van der Waals surface area contributed by atoms with E-state index in [2.05, 4.69) is 15.3 Å². The summed E-state index contributed by atoms with van der Waals surface area (Å²) in [7, 11) is 0. The number of benzene rings is 1. The van der Waals surface area contributed by atoms with E-state index in [-0.39, 0.29) is 23.7 Å². The standard InChI is InChI=1S/C18H19N5O3/c24-15(14-19-8-9-20-14)22-10-6-18(7-11-22)16(25)21-17(26)23(18)12-13-4-2-1-3-5-13/h1-5,8-9H,6-7,10-12H2,(H,19,20)(H,21,25,26). The zero-order valence-electron chi connectivity index (χ0n) is 14.1. The van der Waals surface area contributed by atoms with Gasteiger partial charge in [-0.1, -0.05) is 30.3 Å². The highest BCUT2D eigenvalue weighted by Gasteiger charge is 2.54. The number of nitrogens with zero attached hydrogens (tertiary/aromatic N) is 3. The number of aromatic nitrogens is 2. The molecule has 2 N–H and O–H groups in total. The fourth-order valence-electron chi connectivity index (χ4n) is 3.70. The monoisotopic (exact) mass is 353 g/mol. The van der Waals surface area contributed by atoms with Gasteiger partial charge in [-0.05, 0) is 18.4 Å². The number of rotatable bonds is 3. The first-order valence-corrected chi connectivity index (χ1v) is 8.56. The van der Waals surface area contributed by atoms with Crippen LogP contribution >= 0.6 is 0 Å². The number of imide groups is 1. The quantitative estimate of drug-likeness (QED) is 0.809. The normalized spacial score (nSPS) is 19.1. The minimum absolute atomic E-state index is 0.191. The molecule has 2 fully saturated rings. The number of likely N-dealkylation sites (tertiary alicyclic amines) is 1. The summed E-state index contributed by atoms with van der Waals surface area (Å²) in [4.78, 5) is 47.4. The molecular formula is C18H19N5O3. The molecule has 0 unspecified atom stereocenters. The third-order valence-electron chi connectivity index (χ3n) is 5.17. The van der Waals surface area contributed by atoms with Gasteiger partial charge in [-0.15, -0.1) is 0 Å². The predicted octanol–water partition coefficient (Wildman–Crippen LogP) is 1.14. The molecule has 1 spiro atoms. The van der Waals surface area contributed by atoms with Gasteiger partial charge >= 0.3 is 6.03 Å². The van der Waals surface area contributed by atoms with Crippen LogP contribution in [0.2, 0.25) is 0 Å². The van der Waals surface area contributed by atoms with Crippen LogP contribution in [0.25, 0.3) is 0 Å². The third kappa shape index (κ3) is 2.63.